The highest BCUT2D eigenvalue weighted by Gasteiger charge is 2.41. The predicted molar refractivity (Wildman–Crippen MR) is 132 cm³/mol. The zero-order valence-corrected chi connectivity index (χ0v) is 18.4. The molecule has 2 atom stereocenters. The van der Waals surface area contributed by atoms with Crippen LogP contribution in [-0.2, 0) is 0 Å². The lowest BCUT2D eigenvalue weighted by molar-refractivity contribution is -0.00733. The van der Waals surface area contributed by atoms with Crippen LogP contribution in [0.1, 0.15) is 39.3 Å². The van der Waals surface area contributed by atoms with Crippen molar-refractivity contribution < 1.29 is 9.53 Å². The normalized spacial score (nSPS) is 17.1. The summed E-state index contributed by atoms with van der Waals surface area (Å²) in [6.45, 7) is 0. The predicted octanol–water partition coefficient (Wildman–Crippen LogP) is 6.56. The number of ether oxygens (including phenoxy) is 1. The van der Waals surface area contributed by atoms with Gasteiger partial charge in [0.15, 0.2) is 5.75 Å². The SMILES string of the molecule is O=C(c1ccccc1)N1[C@@H](c2ccccc2)c2ccc3cccnc3c2O[C@@H]1c1ccccc1. The van der Waals surface area contributed by atoms with E-state index >= 15 is 0 Å². The van der Waals surface area contributed by atoms with Crippen molar-refractivity contribution in [3.8, 4) is 5.75 Å². The third-order valence-electron chi connectivity index (χ3n) is 6.27. The van der Waals surface area contributed by atoms with Crippen molar-refractivity contribution in [1.29, 1.82) is 0 Å². The molecule has 5 aromatic rings. The van der Waals surface area contributed by atoms with Crippen LogP contribution in [0.5, 0.6) is 5.75 Å². The first-order chi connectivity index (χ1) is 16.8. The number of fused-ring (bicyclic) bond motifs is 3. The summed E-state index contributed by atoms with van der Waals surface area (Å²) in [5.74, 6) is 0.632. The van der Waals surface area contributed by atoms with Crippen LogP contribution in [0.15, 0.2) is 121 Å². The van der Waals surface area contributed by atoms with Crippen molar-refractivity contribution in [2.24, 2.45) is 0 Å². The summed E-state index contributed by atoms with van der Waals surface area (Å²) in [6.07, 6.45) is 1.17. The van der Waals surface area contributed by atoms with Crippen LogP contribution in [0, 0.1) is 0 Å². The van der Waals surface area contributed by atoms with Gasteiger partial charge in [-0.05, 0) is 23.8 Å². The molecule has 0 radical (unpaired) electrons. The van der Waals surface area contributed by atoms with Gasteiger partial charge < -0.3 is 4.74 Å². The van der Waals surface area contributed by atoms with Gasteiger partial charge in [-0.15, -0.1) is 0 Å². The molecule has 0 saturated carbocycles. The Labute approximate surface area is 198 Å². The third kappa shape index (κ3) is 3.41. The zero-order valence-electron chi connectivity index (χ0n) is 18.4. The largest absolute Gasteiger partial charge is 0.463 e. The number of carbonyl (C=O) groups excluding carboxylic acids is 1. The lowest BCUT2D eigenvalue weighted by Gasteiger charge is -2.43. The van der Waals surface area contributed by atoms with Gasteiger partial charge in [-0.1, -0.05) is 97.1 Å². The summed E-state index contributed by atoms with van der Waals surface area (Å²) in [5.41, 5.74) is 4.27. The van der Waals surface area contributed by atoms with E-state index < -0.39 is 6.23 Å². The average Bonchev–Trinajstić information content (AvgIpc) is 2.93. The summed E-state index contributed by atoms with van der Waals surface area (Å²) in [4.78, 5) is 20.6. The minimum absolute atomic E-state index is 0.0879. The van der Waals surface area contributed by atoms with Crippen LogP contribution < -0.4 is 4.74 Å². The first-order valence-electron chi connectivity index (χ1n) is 11.3. The maximum Gasteiger partial charge on any atom is 0.257 e. The Bertz CT molecular complexity index is 1450. The quantitative estimate of drug-likeness (QED) is 0.318. The molecule has 1 aliphatic rings. The highest BCUT2D eigenvalue weighted by Crippen LogP contribution is 2.48. The fourth-order valence-electron chi connectivity index (χ4n) is 4.70. The molecule has 34 heavy (non-hydrogen) atoms. The van der Waals surface area contributed by atoms with Gasteiger partial charge in [0.1, 0.15) is 5.52 Å². The van der Waals surface area contributed by atoms with E-state index in [4.69, 9.17) is 4.74 Å². The summed E-state index contributed by atoms with van der Waals surface area (Å²) in [7, 11) is 0. The van der Waals surface area contributed by atoms with E-state index in [1.165, 1.54) is 0 Å². The number of hydrogen-bond donors (Lipinski definition) is 0. The summed E-state index contributed by atoms with van der Waals surface area (Å²) in [6, 6.07) is 37.2. The van der Waals surface area contributed by atoms with E-state index in [9.17, 15) is 4.79 Å². The number of hydrogen-bond acceptors (Lipinski definition) is 3. The van der Waals surface area contributed by atoms with Crippen molar-refractivity contribution in [1.82, 2.24) is 9.88 Å². The molecular formula is C30H22N2O2. The Morgan fingerprint density at radius 2 is 1.35 bits per heavy atom. The van der Waals surface area contributed by atoms with Gasteiger partial charge in [0.25, 0.3) is 5.91 Å². The number of benzene rings is 4. The number of amides is 1. The van der Waals surface area contributed by atoms with Crippen LogP contribution in [0.3, 0.4) is 0 Å². The van der Waals surface area contributed by atoms with Crippen LogP contribution in [0.2, 0.25) is 0 Å². The Hall–Kier alpha value is -4.44. The van der Waals surface area contributed by atoms with E-state index in [1.54, 1.807) is 6.20 Å². The van der Waals surface area contributed by atoms with Gasteiger partial charge in [-0.25, -0.2) is 0 Å². The molecule has 164 valence electrons. The molecule has 0 N–H and O–H groups in total. The zero-order chi connectivity index (χ0) is 22.9. The molecule has 1 amide bonds. The molecule has 0 fully saturated rings. The fraction of sp³-hybridized carbons (Fsp3) is 0.0667. The van der Waals surface area contributed by atoms with Crippen molar-refractivity contribution in [2.45, 2.75) is 12.3 Å². The highest BCUT2D eigenvalue weighted by molar-refractivity contribution is 5.96. The smallest absolute Gasteiger partial charge is 0.257 e. The van der Waals surface area contributed by atoms with Crippen molar-refractivity contribution in [3.63, 3.8) is 0 Å². The summed E-state index contributed by atoms with van der Waals surface area (Å²) < 4.78 is 6.68. The van der Waals surface area contributed by atoms with Crippen LogP contribution in [0.4, 0.5) is 0 Å². The van der Waals surface area contributed by atoms with Crippen LogP contribution in [-0.4, -0.2) is 15.8 Å². The molecule has 1 aliphatic heterocycles. The van der Waals surface area contributed by atoms with E-state index in [0.717, 1.165) is 33.3 Å². The Balaban J connectivity index is 1.63. The van der Waals surface area contributed by atoms with Crippen molar-refractivity contribution in [3.05, 3.63) is 144 Å². The van der Waals surface area contributed by atoms with Crippen molar-refractivity contribution >= 4 is 16.8 Å². The topological polar surface area (TPSA) is 42.4 Å². The second-order valence-electron chi connectivity index (χ2n) is 8.33. The molecule has 0 bridgehead atoms. The minimum atomic E-state index is -0.612. The second kappa shape index (κ2) is 8.49. The number of carbonyl (C=O) groups is 1. The fourth-order valence-corrected chi connectivity index (χ4v) is 4.70. The van der Waals surface area contributed by atoms with Crippen molar-refractivity contribution in [2.75, 3.05) is 0 Å². The molecule has 0 unspecified atom stereocenters. The van der Waals surface area contributed by atoms with Gasteiger partial charge in [0.2, 0.25) is 6.23 Å². The van der Waals surface area contributed by atoms with E-state index in [2.05, 4.69) is 29.2 Å². The van der Waals surface area contributed by atoms with Gasteiger partial charge >= 0.3 is 0 Å². The second-order valence-corrected chi connectivity index (χ2v) is 8.33. The molecule has 2 heterocycles. The number of nitrogens with zero attached hydrogens (tertiary/aromatic N) is 2. The molecule has 4 aromatic carbocycles. The molecule has 4 heteroatoms. The maximum atomic E-state index is 14.1. The molecule has 6 rings (SSSR count). The van der Waals surface area contributed by atoms with E-state index in [0.29, 0.717) is 5.56 Å². The Kier molecular flexibility index (Phi) is 5.04. The summed E-state index contributed by atoms with van der Waals surface area (Å²) >= 11 is 0. The van der Waals surface area contributed by atoms with Gasteiger partial charge in [0, 0.05) is 28.3 Å². The minimum Gasteiger partial charge on any atom is -0.463 e. The van der Waals surface area contributed by atoms with E-state index in [-0.39, 0.29) is 11.9 Å². The third-order valence-corrected chi connectivity index (χ3v) is 6.27. The first kappa shape index (κ1) is 20.2. The summed E-state index contributed by atoms with van der Waals surface area (Å²) in [5, 5.41) is 1.00. The first-order valence-corrected chi connectivity index (χ1v) is 11.3. The molecule has 0 saturated heterocycles. The Morgan fingerprint density at radius 3 is 2.06 bits per heavy atom. The molecule has 4 nitrogen and oxygen atoms in total. The lowest BCUT2D eigenvalue weighted by Crippen LogP contribution is -2.44. The number of aromatic nitrogens is 1. The molecular weight excluding hydrogens is 420 g/mol. The van der Waals surface area contributed by atoms with Gasteiger partial charge in [0.05, 0.1) is 6.04 Å². The van der Waals surface area contributed by atoms with Gasteiger partial charge in [-0.3, -0.25) is 14.7 Å². The lowest BCUT2D eigenvalue weighted by atomic mass is 9.91. The Morgan fingerprint density at radius 1 is 0.706 bits per heavy atom. The molecule has 0 spiro atoms. The van der Waals surface area contributed by atoms with Gasteiger partial charge in [-0.2, -0.15) is 0 Å². The monoisotopic (exact) mass is 442 g/mol. The van der Waals surface area contributed by atoms with Crippen LogP contribution in [0.25, 0.3) is 10.9 Å². The molecule has 0 aliphatic carbocycles. The maximum absolute atomic E-state index is 14.1. The number of rotatable bonds is 3. The van der Waals surface area contributed by atoms with Crippen LogP contribution >= 0.6 is 0 Å². The molecule has 1 aromatic heterocycles. The average molecular weight is 443 g/mol. The number of pyridine rings is 1. The van der Waals surface area contributed by atoms with E-state index in [1.807, 2.05) is 95.9 Å². The highest BCUT2D eigenvalue weighted by atomic mass is 16.5. The standard InChI is InChI=1S/C30H22N2O2/c33-29(23-13-6-2-7-14-23)32-27(22-11-4-1-5-12-22)25-19-18-21-17-10-20-31-26(21)28(25)34-30(32)24-15-8-3-9-16-24/h1-20,27,30H/t27-,30+/m0/s1.